The zero-order valence-corrected chi connectivity index (χ0v) is 10.4. The largest absolute Gasteiger partial charge is 0.437 e. The van der Waals surface area contributed by atoms with E-state index in [0.717, 1.165) is 5.56 Å². The van der Waals surface area contributed by atoms with E-state index in [4.69, 9.17) is 27.2 Å². The van der Waals surface area contributed by atoms with E-state index in [1.54, 1.807) is 18.2 Å². The van der Waals surface area contributed by atoms with Gasteiger partial charge >= 0.3 is 0 Å². The standard InChI is InChI=1S/C13H13ClN2O2/c14-12-6-5-10(15)13(16-12)18-11-4-2-1-3-9(11)7-8-17/h1-6,17H,7-8,15H2. The molecule has 0 spiro atoms. The summed E-state index contributed by atoms with van der Waals surface area (Å²) < 4.78 is 5.64. The summed E-state index contributed by atoms with van der Waals surface area (Å²) in [4.78, 5) is 4.02. The van der Waals surface area contributed by atoms with Gasteiger partial charge in [-0.25, -0.2) is 0 Å². The van der Waals surface area contributed by atoms with E-state index >= 15 is 0 Å². The summed E-state index contributed by atoms with van der Waals surface area (Å²) in [5, 5.41) is 9.31. The third kappa shape index (κ3) is 2.91. The van der Waals surface area contributed by atoms with Crippen LogP contribution in [0.15, 0.2) is 36.4 Å². The molecule has 0 amide bonds. The summed E-state index contributed by atoms with van der Waals surface area (Å²) in [6.45, 7) is 0.0544. The van der Waals surface area contributed by atoms with Crippen molar-refractivity contribution in [3.05, 3.63) is 47.1 Å². The number of aliphatic hydroxyl groups excluding tert-OH is 1. The van der Waals surface area contributed by atoms with Crippen molar-refractivity contribution >= 4 is 17.3 Å². The zero-order valence-electron chi connectivity index (χ0n) is 9.64. The van der Waals surface area contributed by atoms with Crippen LogP contribution in [0, 0.1) is 0 Å². The van der Waals surface area contributed by atoms with Gasteiger partial charge in [0.2, 0.25) is 5.88 Å². The van der Waals surface area contributed by atoms with Crippen LogP contribution in [0.3, 0.4) is 0 Å². The molecule has 0 fully saturated rings. The molecule has 0 aliphatic carbocycles. The van der Waals surface area contributed by atoms with Crippen molar-refractivity contribution < 1.29 is 9.84 Å². The van der Waals surface area contributed by atoms with Gasteiger partial charge < -0.3 is 15.6 Å². The summed E-state index contributed by atoms with van der Waals surface area (Å²) in [5.74, 6) is 0.890. The van der Waals surface area contributed by atoms with Gasteiger partial charge in [0.15, 0.2) is 0 Å². The van der Waals surface area contributed by atoms with Crippen LogP contribution in [0.25, 0.3) is 0 Å². The Hall–Kier alpha value is -1.78. The predicted molar refractivity (Wildman–Crippen MR) is 71.0 cm³/mol. The molecule has 0 bridgehead atoms. The monoisotopic (exact) mass is 264 g/mol. The van der Waals surface area contributed by atoms with E-state index in [9.17, 15) is 0 Å². The Morgan fingerprint density at radius 2 is 2.00 bits per heavy atom. The quantitative estimate of drug-likeness (QED) is 0.833. The first-order valence-corrected chi connectivity index (χ1v) is 5.87. The van der Waals surface area contributed by atoms with E-state index in [2.05, 4.69) is 4.98 Å². The normalized spacial score (nSPS) is 10.3. The molecule has 2 rings (SSSR count). The van der Waals surface area contributed by atoms with Gasteiger partial charge in [0, 0.05) is 6.61 Å². The first-order valence-electron chi connectivity index (χ1n) is 5.49. The fourth-order valence-electron chi connectivity index (χ4n) is 1.54. The second-order valence-electron chi connectivity index (χ2n) is 3.71. The minimum atomic E-state index is 0.0544. The van der Waals surface area contributed by atoms with Crippen LogP contribution in [-0.2, 0) is 6.42 Å². The Bertz CT molecular complexity index is 546. The lowest BCUT2D eigenvalue weighted by Gasteiger charge is -2.11. The molecule has 0 aliphatic heterocycles. The zero-order chi connectivity index (χ0) is 13.0. The van der Waals surface area contributed by atoms with Crippen LogP contribution in [0.5, 0.6) is 11.6 Å². The van der Waals surface area contributed by atoms with E-state index in [0.29, 0.717) is 23.0 Å². The van der Waals surface area contributed by atoms with Gasteiger partial charge in [-0.3, -0.25) is 0 Å². The molecule has 0 atom stereocenters. The third-order valence-corrected chi connectivity index (χ3v) is 2.63. The molecular formula is C13H13ClN2O2. The molecule has 0 saturated heterocycles. The number of aromatic nitrogens is 1. The number of anilines is 1. The number of rotatable bonds is 4. The van der Waals surface area contributed by atoms with E-state index < -0.39 is 0 Å². The van der Waals surface area contributed by atoms with E-state index in [1.807, 2.05) is 18.2 Å². The number of benzene rings is 1. The second-order valence-corrected chi connectivity index (χ2v) is 4.10. The Labute approximate surface area is 110 Å². The summed E-state index contributed by atoms with van der Waals surface area (Å²) in [5.41, 5.74) is 7.07. The lowest BCUT2D eigenvalue weighted by atomic mass is 10.1. The molecule has 1 aromatic heterocycles. The molecule has 2 aromatic rings. The number of halogens is 1. The number of pyridine rings is 1. The van der Waals surface area contributed by atoms with Crippen molar-refractivity contribution in [1.29, 1.82) is 0 Å². The highest BCUT2D eigenvalue weighted by Gasteiger charge is 2.08. The minimum absolute atomic E-state index is 0.0544. The maximum absolute atomic E-state index is 8.99. The highest BCUT2D eigenvalue weighted by molar-refractivity contribution is 6.29. The molecule has 5 heteroatoms. The van der Waals surface area contributed by atoms with Crippen molar-refractivity contribution in [1.82, 2.24) is 4.98 Å². The van der Waals surface area contributed by atoms with Gasteiger partial charge in [-0.15, -0.1) is 0 Å². The van der Waals surface area contributed by atoms with Crippen LogP contribution in [-0.4, -0.2) is 16.7 Å². The molecule has 1 heterocycles. The lowest BCUT2D eigenvalue weighted by Crippen LogP contribution is -1.99. The van der Waals surface area contributed by atoms with E-state index in [1.165, 1.54) is 0 Å². The summed E-state index contributed by atoms with van der Waals surface area (Å²) in [6.07, 6.45) is 0.511. The number of nitrogen functional groups attached to an aromatic ring is 1. The summed E-state index contributed by atoms with van der Waals surface area (Å²) >= 11 is 5.80. The van der Waals surface area contributed by atoms with Crippen LogP contribution in [0.1, 0.15) is 5.56 Å². The summed E-state index contributed by atoms with van der Waals surface area (Å²) in [6, 6.07) is 10.6. The first kappa shape index (κ1) is 12.7. The highest BCUT2D eigenvalue weighted by Crippen LogP contribution is 2.29. The molecule has 18 heavy (non-hydrogen) atoms. The van der Waals surface area contributed by atoms with Gasteiger partial charge in [-0.2, -0.15) is 4.98 Å². The maximum Gasteiger partial charge on any atom is 0.244 e. The summed E-state index contributed by atoms with van der Waals surface area (Å²) in [7, 11) is 0. The van der Waals surface area contributed by atoms with Crippen molar-refractivity contribution in [2.24, 2.45) is 0 Å². The number of hydrogen-bond acceptors (Lipinski definition) is 4. The second kappa shape index (κ2) is 5.71. The Morgan fingerprint density at radius 3 is 2.78 bits per heavy atom. The molecule has 4 nitrogen and oxygen atoms in total. The van der Waals surface area contributed by atoms with Gasteiger partial charge in [0.1, 0.15) is 10.9 Å². The Morgan fingerprint density at radius 1 is 1.22 bits per heavy atom. The van der Waals surface area contributed by atoms with E-state index in [-0.39, 0.29) is 12.5 Å². The third-order valence-electron chi connectivity index (χ3n) is 2.42. The topological polar surface area (TPSA) is 68.4 Å². The van der Waals surface area contributed by atoms with Crippen molar-refractivity contribution in [2.75, 3.05) is 12.3 Å². The van der Waals surface area contributed by atoms with Gasteiger partial charge in [0.25, 0.3) is 0 Å². The molecule has 0 aliphatic rings. The molecule has 0 unspecified atom stereocenters. The number of hydrogen-bond donors (Lipinski definition) is 2. The molecule has 1 aromatic carbocycles. The van der Waals surface area contributed by atoms with Crippen LogP contribution < -0.4 is 10.5 Å². The van der Waals surface area contributed by atoms with Gasteiger partial charge in [0.05, 0.1) is 5.69 Å². The highest BCUT2D eigenvalue weighted by atomic mass is 35.5. The fourth-order valence-corrected chi connectivity index (χ4v) is 1.68. The Balaban J connectivity index is 2.30. The number of aliphatic hydroxyl groups is 1. The first-order chi connectivity index (χ1) is 8.70. The number of nitrogens with two attached hydrogens (primary N) is 1. The molecule has 3 N–H and O–H groups in total. The molecule has 94 valence electrons. The smallest absolute Gasteiger partial charge is 0.244 e. The average molecular weight is 265 g/mol. The molecular weight excluding hydrogens is 252 g/mol. The van der Waals surface area contributed by atoms with Crippen molar-refractivity contribution in [2.45, 2.75) is 6.42 Å². The number of nitrogens with zero attached hydrogens (tertiary/aromatic N) is 1. The Kier molecular flexibility index (Phi) is 4.02. The minimum Gasteiger partial charge on any atom is -0.437 e. The number of para-hydroxylation sites is 1. The predicted octanol–water partition coefficient (Wildman–Crippen LogP) is 2.64. The molecule has 0 saturated carbocycles. The lowest BCUT2D eigenvalue weighted by molar-refractivity contribution is 0.297. The van der Waals surface area contributed by atoms with Crippen LogP contribution >= 0.6 is 11.6 Å². The van der Waals surface area contributed by atoms with Crippen LogP contribution in [0.2, 0.25) is 5.15 Å². The fraction of sp³-hybridized carbons (Fsp3) is 0.154. The average Bonchev–Trinajstić information content (AvgIpc) is 2.36. The van der Waals surface area contributed by atoms with Crippen molar-refractivity contribution in [3.63, 3.8) is 0 Å². The number of ether oxygens (including phenoxy) is 1. The van der Waals surface area contributed by atoms with Gasteiger partial charge in [-0.1, -0.05) is 29.8 Å². The maximum atomic E-state index is 8.99. The van der Waals surface area contributed by atoms with Crippen LogP contribution in [0.4, 0.5) is 5.69 Å². The van der Waals surface area contributed by atoms with Crippen molar-refractivity contribution in [3.8, 4) is 11.6 Å². The SMILES string of the molecule is Nc1ccc(Cl)nc1Oc1ccccc1CCO. The van der Waals surface area contributed by atoms with Gasteiger partial charge in [-0.05, 0) is 30.2 Å². The molecule has 0 radical (unpaired) electrons.